The zero-order valence-corrected chi connectivity index (χ0v) is 31.1. The molecule has 0 spiro atoms. The van der Waals surface area contributed by atoms with Crippen LogP contribution in [0.3, 0.4) is 0 Å². The van der Waals surface area contributed by atoms with Crippen LogP contribution in [0.2, 0.25) is 0 Å². The number of aliphatic hydroxyl groups is 1. The van der Waals surface area contributed by atoms with Gasteiger partial charge in [-0.3, -0.25) is 19.7 Å². The second-order valence-corrected chi connectivity index (χ2v) is 10.7. The fourth-order valence-corrected chi connectivity index (χ4v) is 4.21. The number of benzene rings is 2. The second-order valence-electron chi connectivity index (χ2n) is 10.7. The molecule has 0 saturated carbocycles. The van der Waals surface area contributed by atoms with E-state index >= 15 is 0 Å². The number of hydrogen-bond donors (Lipinski definition) is 5. The molecular weight excluding hydrogens is 584 g/mol. The summed E-state index contributed by atoms with van der Waals surface area (Å²) in [6, 6.07) is 8.57. The molecule has 46 heavy (non-hydrogen) atoms. The SMILES string of the molecule is CC.CC.CC.CCC(C)(O)C(=O)C(CCC(=O)O)NC(C)(CC)C(=O)CN.Cc1cc(C)c(Oc2ccc(O)c(C)c2)c(C)c1. The Morgan fingerprint density at radius 2 is 1.37 bits per heavy atom. The summed E-state index contributed by atoms with van der Waals surface area (Å²) >= 11 is 0. The standard InChI is InChI=1S/C16H18O2.C15H28N2O5.3C2H6/c1-10-7-12(3)16(13(4)8-10)18-14-5-6-15(17)11(2)9-14;1-5-14(3,11(18)9-16)17-10(7-8-12(19)20)13(21)15(4,22)6-2;3*1-2/h5-9,17H,1-4H3;10,17,22H,5-9,16H2,1-4H3,(H,19,20);3*1-2H3. The molecule has 264 valence electrons. The van der Waals surface area contributed by atoms with Gasteiger partial charge in [-0.2, -0.15) is 0 Å². The van der Waals surface area contributed by atoms with Crippen molar-refractivity contribution >= 4 is 17.5 Å². The molecule has 9 heteroatoms. The molecule has 9 nitrogen and oxygen atoms in total. The van der Waals surface area contributed by atoms with Crippen molar-refractivity contribution in [2.45, 2.75) is 140 Å². The van der Waals surface area contributed by atoms with Crippen molar-refractivity contribution in [3.05, 3.63) is 52.6 Å². The first-order valence-electron chi connectivity index (χ1n) is 16.6. The van der Waals surface area contributed by atoms with Crippen LogP contribution in [0, 0.1) is 27.7 Å². The predicted octanol–water partition coefficient (Wildman–Crippen LogP) is 7.73. The van der Waals surface area contributed by atoms with Crippen molar-refractivity contribution in [2.24, 2.45) is 5.73 Å². The molecule has 0 aliphatic carbocycles. The lowest BCUT2D eigenvalue weighted by molar-refractivity contribution is -0.141. The summed E-state index contributed by atoms with van der Waals surface area (Å²) in [7, 11) is 0. The average Bonchev–Trinajstić information content (AvgIpc) is 3.04. The molecule has 3 atom stereocenters. The molecule has 2 aromatic rings. The zero-order valence-electron chi connectivity index (χ0n) is 31.1. The van der Waals surface area contributed by atoms with Gasteiger partial charge < -0.3 is 25.8 Å². The number of nitrogens with one attached hydrogen (secondary N) is 1. The van der Waals surface area contributed by atoms with Crippen molar-refractivity contribution in [3.8, 4) is 17.2 Å². The number of phenols is 1. The summed E-state index contributed by atoms with van der Waals surface area (Å²) in [6.45, 7) is 26.3. The van der Waals surface area contributed by atoms with E-state index in [0.717, 1.165) is 28.2 Å². The van der Waals surface area contributed by atoms with Crippen LogP contribution < -0.4 is 15.8 Å². The normalized spacial score (nSPS) is 13.1. The van der Waals surface area contributed by atoms with Gasteiger partial charge in [-0.05, 0) is 95.7 Å². The fourth-order valence-electron chi connectivity index (χ4n) is 4.21. The molecule has 0 aliphatic rings. The van der Waals surface area contributed by atoms with Crippen molar-refractivity contribution in [3.63, 3.8) is 0 Å². The van der Waals surface area contributed by atoms with E-state index in [-0.39, 0.29) is 31.6 Å². The lowest BCUT2D eigenvalue weighted by Gasteiger charge is -2.35. The highest BCUT2D eigenvalue weighted by Crippen LogP contribution is 2.31. The highest BCUT2D eigenvalue weighted by Gasteiger charge is 2.40. The van der Waals surface area contributed by atoms with E-state index < -0.39 is 28.9 Å². The fraction of sp³-hybridized carbons (Fsp3) is 0.595. The summed E-state index contributed by atoms with van der Waals surface area (Å²) in [5.41, 5.74) is 7.10. The highest BCUT2D eigenvalue weighted by atomic mass is 16.5. The molecule has 6 N–H and O–H groups in total. The second kappa shape index (κ2) is 24.0. The first-order chi connectivity index (χ1) is 21.5. The summed E-state index contributed by atoms with van der Waals surface area (Å²) in [6.07, 6.45) is 0.358. The minimum atomic E-state index is -1.57. The van der Waals surface area contributed by atoms with Crippen LogP contribution >= 0.6 is 0 Å². The Morgan fingerprint density at radius 3 is 1.76 bits per heavy atom. The number of carbonyl (C=O) groups is 3. The van der Waals surface area contributed by atoms with Gasteiger partial charge in [-0.1, -0.05) is 73.1 Å². The molecule has 2 rings (SSSR count). The van der Waals surface area contributed by atoms with Gasteiger partial charge in [-0.25, -0.2) is 0 Å². The van der Waals surface area contributed by atoms with Gasteiger partial charge in [0.25, 0.3) is 0 Å². The molecular formula is C37H64N2O7. The van der Waals surface area contributed by atoms with Gasteiger partial charge in [0, 0.05) is 6.42 Å². The Morgan fingerprint density at radius 1 is 0.870 bits per heavy atom. The van der Waals surface area contributed by atoms with Crippen LogP contribution in [0.5, 0.6) is 17.2 Å². The first-order valence-corrected chi connectivity index (χ1v) is 16.6. The van der Waals surface area contributed by atoms with E-state index in [1.165, 1.54) is 12.5 Å². The zero-order chi connectivity index (χ0) is 36.8. The summed E-state index contributed by atoms with van der Waals surface area (Å²) < 4.78 is 5.92. The van der Waals surface area contributed by atoms with Crippen LogP contribution in [-0.4, -0.2) is 56.6 Å². The van der Waals surface area contributed by atoms with Gasteiger partial charge >= 0.3 is 5.97 Å². The van der Waals surface area contributed by atoms with E-state index in [1.54, 1.807) is 32.9 Å². The molecule has 0 fully saturated rings. The molecule has 0 heterocycles. The molecule has 0 saturated heterocycles. The van der Waals surface area contributed by atoms with E-state index in [1.807, 2.05) is 68.4 Å². The van der Waals surface area contributed by atoms with Gasteiger partial charge in [0.05, 0.1) is 18.1 Å². The third-order valence-corrected chi connectivity index (χ3v) is 7.18. The Balaban J connectivity index is -0.000000697. The summed E-state index contributed by atoms with van der Waals surface area (Å²) in [5, 5.41) is 31.4. The number of aromatic hydroxyl groups is 1. The number of nitrogens with two attached hydrogens (primary N) is 1. The number of carboxylic acid groups (broad SMARTS) is 1. The summed E-state index contributed by atoms with van der Waals surface area (Å²) in [5.74, 6) is 0.116. The van der Waals surface area contributed by atoms with Crippen LogP contribution in [0.25, 0.3) is 0 Å². The van der Waals surface area contributed by atoms with Crippen LogP contribution in [0.1, 0.15) is 117 Å². The third-order valence-electron chi connectivity index (χ3n) is 7.18. The number of carboxylic acids is 1. The monoisotopic (exact) mass is 648 g/mol. The number of ether oxygens (including phenoxy) is 1. The lowest BCUT2D eigenvalue weighted by Crippen LogP contribution is -2.60. The number of hydrogen-bond acceptors (Lipinski definition) is 8. The number of carbonyl (C=O) groups excluding carboxylic acids is 2. The van der Waals surface area contributed by atoms with Gasteiger partial charge in [-0.15, -0.1) is 0 Å². The first kappa shape index (κ1) is 47.1. The Labute approximate surface area is 279 Å². The minimum Gasteiger partial charge on any atom is -0.508 e. The van der Waals surface area contributed by atoms with E-state index in [0.29, 0.717) is 12.2 Å². The quantitative estimate of drug-likeness (QED) is 0.146. The molecule has 0 amide bonds. The van der Waals surface area contributed by atoms with Crippen LogP contribution in [-0.2, 0) is 14.4 Å². The molecule has 0 aliphatic heterocycles. The molecule has 0 radical (unpaired) electrons. The topological polar surface area (TPSA) is 159 Å². The number of aryl methyl sites for hydroxylation is 4. The number of aliphatic carboxylic acids is 1. The number of rotatable bonds is 13. The molecule has 0 aromatic heterocycles. The molecule has 2 aromatic carbocycles. The van der Waals surface area contributed by atoms with Crippen molar-refractivity contribution in [2.75, 3.05) is 6.54 Å². The maximum absolute atomic E-state index is 12.5. The van der Waals surface area contributed by atoms with Crippen molar-refractivity contribution in [1.82, 2.24) is 5.32 Å². The van der Waals surface area contributed by atoms with E-state index in [2.05, 4.69) is 24.4 Å². The molecule has 3 unspecified atom stereocenters. The van der Waals surface area contributed by atoms with Crippen LogP contribution in [0.4, 0.5) is 0 Å². The predicted molar refractivity (Wildman–Crippen MR) is 190 cm³/mol. The maximum atomic E-state index is 12.5. The summed E-state index contributed by atoms with van der Waals surface area (Å²) in [4.78, 5) is 35.3. The van der Waals surface area contributed by atoms with E-state index in [9.17, 15) is 24.6 Å². The minimum absolute atomic E-state index is 0.00222. The highest BCUT2D eigenvalue weighted by molar-refractivity contribution is 5.94. The lowest BCUT2D eigenvalue weighted by atomic mass is 9.86. The van der Waals surface area contributed by atoms with Crippen molar-refractivity contribution < 1.29 is 34.4 Å². The third kappa shape index (κ3) is 15.8. The van der Waals surface area contributed by atoms with Gasteiger partial charge in [0.15, 0.2) is 11.6 Å². The Bertz CT molecular complexity index is 1170. The average molecular weight is 649 g/mol. The maximum Gasteiger partial charge on any atom is 0.303 e. The number of Topliss-reactive ketones (excluding diaryl/α,β-unsaturated/α-hetero) is 2. The van der Waals surface area contributed by atoms with Crippen LogP contribution in [0.15, 0.2) is 30.3 Å². The molecule has 0 bridgehead atoms. The smallest absolute Gasteiger partial charge is 0.303 e. The van der Waals surface area contributed by atoms with Crippen molar-refractivity contribution in [1.29, 1.82) is 0 Å². The number of phenolic OH excluding ortho intramolecular Hbond substituents is 1. The Kier molecular flexibility index (Phi) is 24.6. The van der Waals surface area contributed by atoms with Gasteiger partial charge in [0.2, 0.25) is 0 Å². The van der Waals surface area contributed by atoms with Gasteiger partial charge in [0.1, 0.15) is 22.8 Å². The largest absolute Gasteiger partial charge is 0.508 e. The Hall–Kier alpha value is -3.27. The number of ketones is 2. The van der Waals surface area contributed by atoms with E-state index in [4.69, 9.17) is 15.6 Å².